The van der Waals surface area contributed by atoms with Crippen molar-refractivity contribution in [1.82, 2.24) is 4.72 Å². The molecule has 2 amide bonds. The predicted octanol–water partition coefficient (Wildman–Crippen LogP) is 5.66. The topological polar surface area (TPSA) is 92.3 Å². The second-order valence-corrected chi connectivity index (χ2v) is 9.64. The fourth-order valence-electron chi connectivity index (χ4n) is 3.39. The molecule has 0 aliphatic heterocycles. The first-order valence-corrected chi connectivity index (χ1v) is 12.9. The molecule has 174 valence electrons. The van der Waals surface area contributed by atoms with Crippen molar-refractivity contribution in [2.75, 3.05) is 5.32 Å². The van der Waals surface area contributed by atoms with Gasteiger partial charge in [0, 0.05) is 17.7 Å². The first-order chi connectivity index (χ1) is 15.4. The zero-order chi connectivity index (χ0) is 23.2. The molecule has 2 rings (SSSR count). The molecule has 0 aliphatic carbocycles. The van der Waals surface area contributed by atoms with Crippen molar-refractivity contribution in [2.24, 2.45) is 0 Å². The van der Waals surface area contributed by atoms with E-state index >= 15 is 0 Å². The van der Waals surface area contributed by atoms with Crippen LogP contribution < -0.4 is 10.0 Å². The number of sulfonamides is 1. The third-order valence-corrected chi connectivity index (χ3v) is 6.53. The molecule has 2 aromatic rings. The van der Waals surface area contributed by atoms with Crippen molar-refractivity contribution in [3.05, 3.63) is 60.2 Å². The Hall–Kier alpha value is -2.67. The predicted molar refractivity (Wildman–Crippen MR) is 128 cm³/mol. The minimum atomic E-state index is -4.05. The summed E-state index contributed by atoms with van der Waals surface area (Å²) in [7, 11) is -4.05. The Kier molecular flexibility index (Phi) is 10.9. The van der Waals surface area contributed by atoms with Gasteiger partial charge < -0.3 is 5.32 Å². The molecule has 0 saturated heterocycles. The fraction of sp³-hybridized carbons (Fsp3) is 0.440. The summed E-state index contributed by atoms with van der Waals surface area (Å²) in [5, 5.41) is 2.75. The monoisotopic (exact) mass is 458 g/mol. The van der Waals surface area contributed by atoms with Crippen LogP contribution in [0.3, 0.4) is 0 Å². The van der Waals surface area contributed by atoms with Gasteiger partial charge in [0.1, 0.15) is 0 Å². The standard InChI is InChI=1S/C25H34N2O4S/c1-2-3-4-5-6-7-8-9-13-19-24(28)26-22-17-14-18-23(20-22)32(30,31)27-25(29)21-15-11-10-12-16-21/h10-12,14-18,20H,2-9,13,19H2,1H3,(H,26,28)(H,27,29). The van der Waals surface area contributed by atoms with Crippen molar-refractivity contribution >= 4 is 27.5 Å². The number of amides is 2. The molecule has 0 unspecified atom stereocenters. The molecule has 0 fully saturated rings. The van der Waals surface area contributed by atoms with Crippen LogP contribution >= 0.6 is 0 Å². The van der Waals surface area contributed by atoms with Crippen LogP contribution in [-0.2, 0) is 14.8 Å². The normalized spacial score (nSPS) is 11.2. The summed E-state index contributed by atoms with van der Waals surface area (Å²) in [5.74, 6) is -0.846. The molecular formula is C25H34N2O4S. The highest BCUT2D eigenvalue weighted by molar-refractivity contribution is 7.90. The summed E-state index contributed by atoms with van der Waals surface area (Å²) < 4.78 is 27.2. The second-order valence-electron chi connectivity index (χ2n) is 7.96. The molecular weight excluding hydrogens is 424 g/mol. The molecule has 2 aromatic carbocycles. The van der Waals surface area contributed by atoms with Crippen LogP contribution in [0.4, 0.5) is 5.69 Å². The number of hydrogen-bond donors (Lipinski definition) is 2. The van der Waals surface area contributed by atoms with Gasteiger partial charge in [-0.25, -0.2) is 13.1 Å². The van der Waals surface area contributed by atoms with Crippen LogP contribution in [-0.4, -0.2) is 20.2 Å². The van der Waals surface area contributed by atoms with Gasteiger partial charge in [-0.1, -0.05) is 82.6 Å². The van der Waals surface area contributed by atoms with Crippen molar-refractivity contribution in [1.29, 1.82) is 0 Å². The zero-order valence-corrected chi connectivity index (χ0v) is 19.6. The molecule has 0 aromatic heterocycles. The maximum atomic E-state index is 12.6. The molecule has 0 aliphatic rings. The van der Waals surface area contributed by atoms with Gasteiger partial charge in [-0.05, 0) is 36.8 Å². The maximum Gasteiger partial charge on any atom is 0.264 e. The van der Waals surface area contributed by atoms with E-state index in [2.05, 4.69) is 17.0 Å². The molecule has 0 bridgehead atoms. The quantitative estimate of drug-likeness (QED) is 0.357. The summed E-state index contributed by atoms with van der Waals surface area (Å²) in [6.07, 6.45) is 11.0. The Morgan fingerprint density at radius 2 is 1.41 bits per heavy atom. The summed E-state index contributed by atoms with van der Waals surface area (Å²) in [6, 6.07) is 14.0. The lowest BCUT2D eigenvalue weighted by Crippen LogP contribution is -2.30. The average molecular weight is 459 g/mol. The number of nitrogens with one attached hydrogen (secondary N) is 2. The number of hydrogen-bond acceptors (Lipinski definition) is 4. The molecule has 0 radical (unpaired) electrons. The molecule has 2 N–H and O–H groups in total. The molecule has 0 atom stereocenters. The Balaban J connectivity index is 1.78. The highest BCUT2D eigenvalue weighted by Crippen LogP contribution is 2.17. The van der Waals surface area contributed by atoms with Gasteiger partial charge in [0.05, 0.1) is 4.90 Å². The Labute approximate surface area is 191 Å². The Morgan fingerprint density at radius 1 is 0.781 bits per heavy atom. The van der Waals surface area contributed by atoms with Crippen LogP contribution in [0.5, 0.6) is 0 Å². The maximum absolute atomic E-state index is 12.6. The molecule has 0 heterocycles. The summed E-state index contributed by atoms with van der Waals surface area (Å²) >= 11 is 0. The summed E-state index contributed by atoms with van der Waals surface area (Å²) in [5.41, 5.74) is 0.641. The number of rotatable bonds is 14. The van der Waals surface area contributed by atoms with Crippen LogP contribution in [0, 0.1) is 0 Å². The lowest BCUT2D eigenvalue weighted by molar-refractivity contribution is -0.116. The van der Waals surface area contributed by atoms with Crippen molar-refractivity contribution in [3.8, 4) is 0 Å². The fourth-order valence-corrected chi connectivity index (χ4v) is 4.41. The Morgan fingerprint density at radius 3 is 2.06 bits per heavy atom. The third kappa shape index (κ3) is 9.22. The number of carbonyl (C=O) groups excluding carboxylic acids is 2. The van der Waals surface area contributed by atoms with E-state index in [1.807, 2.05) is 0 Å². The van der Waals surface area contributed by atoms with Gasteiger partial charge in [-0.3, -0.25) is 9.59 Å². The van der Waals surface area contributed by atoms with Crippen LogP contribution in [0.1, 0.15) is 81.5 Å². The first kappa shape index (κ1) is 25.6. The number of anilines is 1. The molecule has 0 spiro atoms. The summed E-state index contributed by atoms with van der Waals surface area (Å²) in [4.78, 5) is 24.3. The zero-order valence-electron chi connectivity index (χ0n) is 18.8. The van der Waals surface area contributed by atoms with Crippen molar-refractivity contribution in [2.45, 2.75) is 76.0 Å². The van der Waals surface area contributed by atoms with Gasteiger partial charge in [-0.2, -0.15) is 0 Å². The van der Waals surface area contributed by atoms with Crippen LogP contribution in [0.15, 0.2) is 59.5 Å². The van der Waals surface area contributed by atoms with Crippen molar-refractivity contribution < 1.29 is 18.0 Å². The van der Waals surface area contributed by atoms with E-state index in [0.717, 1.165) is 19.3 Å². The van der Waals surface area contributed by atoms with E-state index in [9.17, 15) is 18.0 Å². The smallest absolute Gasteiger partial charge is 0.264 e. The highest BCUT2D eigenvalue weighted by Gasteiger charge is 2.19. The minimum absolute atomic E-state index is 0.0809. The van der Waals surface area contributed by atoms with Gasteiger partial charge in [0.25, 0.3) is 15.9 Å². The second kappa shape index (κ2) is 13.7. The van der Waals surface area contributed by atoms with Gasteiger partial charge >= 0.3 is 0 Å². The minimum Gasteiger partial charge on any atom is -0.326 e. The van der Waals surface area contributed by atoms with E-state index in [0.29, 0.717) is 12.1 Å². The lowest BCUT2D eigenvalue weighted by Gasteiger charge is -2.10. The van der Waals surface area contributed by atoms with Crippen molar-refractivity contribution in [3.63, 3.8) is 0 Å². The van der Waals surface area contributed by atoms with Crippen LogP contribution in [0.2, 0.25) is 0 Å². The van der Waals surface area contributed by atoms with Gasteiger partial charge in [-0.15, -0.1) is 0 Å². The first-order valence-electron chi connectivity index (χ1n) is 11.4. The van der Waals surface area contributed by atoms with E-state index in [-0.39, 0.29) is 16.4 Å². The van der Waals surface area contributed by atoms with Crippen LogP contribution in [0.25, 0.3) is 0 Å². The SMILES string of the molecule is CCCCCCCCCCCC(=O)Nc1cccc(S(=O)(=O)NC(=O)c2ccccc2)c1. The van der Waals surface area contributed by atoms with E-state index in [4.69, 9.17) is 0 Å². The third-order valence-electron chi connectivity index (χ3n) is 5.20. The number of benzene rings is 2. The van der Waals surface area contributed by atoms with E-state index < -0.39 is 15.9 Å². The summed E-state index contributed by atoms with van der Waals surface area (Å²) in [6.45, 7) is 2.21. The lowest BCUT2D eigenvalue weighted by atomic mass is 10.1. The van der Waals surface area contributed by atoms with E-state index in [1.54, 1.807) is 24.3 Å². The number of carbonyl (C=O) groups is 2. The highest BCUT2D eigenvalue weighted by atomic mass is 32.2. The Bertz CT molecular complexity index is 959. The molecule has 32 heavy (non-hydrogen) atoms. The average Bonchev–Trinajstić information content (AvgIpc) is 2.78. The molecule has 0 saturated carbocycles. The molecule has 7 heteroatoms. The molecule has 6 nitrogen and oxygen atoms in total. The van der Waals surface area contributed by atoms with E-state index in [1.165, 1.54) is 68.9 Å². The largest absolute Gasteiger partial charge is 0.326 e. The number of unbranched alkanes of at least 4 members (excludes halogenated alkanes) is 8. The van der Waals surface area contributed by atoms with Gasteiger partial charge in [0.2, 0.25) is 5.91 Å². The van der Waals surface area contributed by atoms with Gasteiger partial charge in [0.15, 0.2) is 0 Å².